The van der Waals surface area contributed by atoms with Gasteiger partial charge in [0.25, 0.3) is 0 Å². The van der Waals surface area contributed by atoms with E-state index in [0.29, 0.717) is 11.8 Å². The first-order valence-corrected chi connectivity index (χ1v) is 6.84. The van der Waals surface area contributed by atoms with E-state index >= 15 is 0 Å². The largest absolute Gasteiger partial charge is 0.459 e. The summed E-state index contributed by atoms with van der Waals surface area (Å²) in [7, 11) is 0. The number of hydrogen-bond donors (Lipinski definition) is 1. The second-order valence-corrected chi connectivity index (χ2v) is 4.79. The van der Waals surface area contributed by atoms with Gasteiger partial charge in [0.2, 0.25) is 5.78 Å². The molecule has 2 aromatic heterocycles. The van der Waals surface area contributed by atoms with Gasteiger partial charge in [-0.1, -0.05) is 0 Å². The first-order valence-electron chi connectivity index (χ1n) is 6.84. The lowest BCUT2D eigenvalue weighted by Gasteiger charge is -2.07. The average molecular weight is 331 g/mol. The molecular formula is C16H11F2N3O3. The van der Waals surface area contributed by atoms with Crippen LogP contribution in [0.15, 0.2) is 47.4 Å². The molecule has 0 aliphatic heterocycles. The molecular weight excluding hydrogens is 320 g/mol. The van der Waals surface area contributed by atoms with E-state index in [4.69, 9.17) is 9.52 Å². The van der Waals surface area contributed by atoms with Crippen molar-refractivity contribution in [3.8, 4) is 0 Å². The highest BCUT2D eigenvalue weighted by Gasteiger charge is 2.20. The van der Waals surface area contributed by atoms with Crippen LogP contribution in [0, 0.1) is 11.6 Å². The maximum absolute atomic E-state index is 13.9. The zero-order valence-corrected chi connectivity index (χ0v) is 12.2. The molecule has 0 spiro atoms. The molecule has 3 rings (SSSR count). The SMILES string of the molecule is O=C(/C(=C\c1ccc(CO)o1)n1cncn1)c1ccc(F)cc1F. The molecule has 0 atom stereocenters. The Hall–Kier alpha value is -3.13. The van der Waals surface area contributed by atoms with Gasteiger partial charge in [-0.15, -0.1) is 0 Å². The monoisotopic (exact) mass is 331 g/mol. The fourth-order valence-corrected chi connectivity index (χ4v) is 2.07. The third-order valence-corrected chi connectivity index (χ3v) is 3.19. The number of furan rings is 1. The molecule has 0 saturated carbocycles. The highest BCUT2D eigenvalue weighted by Crippen LogP contribution is 2.20. The summed E-state index contributed by atoms with van der Waals surface area (Å²) in [5.74, 6) is -1.92. The third-order valence-electron chi connectivity index (χ3n) is 3.19. The molecule has 0 aliphatic rings. The highest BCUT2D eigenvalue weighted by molar-refractivity contribution is 6.27. The van der Waals surface area contributed by atoms with Crippen LogP contribution < -0.4 is 0 Å². The van der Waals surface area contributed by atoms with Gasteiger partial charge in [0.15, 0.2) is 0 Å². The van der Waals surface area contributed by atoms with E-state index in [-0.39, 0.29) is 23.6 Å². The summed E-state index contributed by atoms with van der Waals surface area (Å²) >= 11 is 0. The van der Waals surface area contributed by atoms with Gasteiger partial charge in [0.05, 0.1) is 5.56 Å². The van der Waals surface area contributed by atoms with Crippen LogP contribution in [0.1, 0.15) is 21.9 Å². The standard InChI is InChI=1S/C16H11F2N3O3/c17-10-1-4-13(14(18)5-10)16(23)15(21-9-19-8-20-21)6-11-2-3-12(7-22)24-11/h1-6,8-9,22H,7H2/b15-6+. The van der Waals surface area contributed by atoms with Gasteiger partial charge in [-0.25, -0.2) is 18.4 Å². The number of hydrogen-bond acceptors (Lipinski definition) is 5. The van der Waals surface area contributed by atoms with Crippen LogP contribution >= 0.6 is 0 Å². The number of Topliss-reactive ketones (excluding diaryl/α,β-unsaturated/α-hetero) is 1. The van der Waals surface area contributed by atoms with E-state index in [1.54, 1.807) is 0 Å². The van der Waals surface area contributed by atoms with Gasteiger partial charge in [0.1, 0.15) is 48.1 Å². The van der Waals surface area contributed by atoms with Gasteiger partial charge >= 0.3 is 0 Å². The molecule has 0 bridgehead atoms. The van der Waals surface area contributed by atoms with E-state index in [1.807, 2.05) is 0 Å². The summed E-state index contributed by atoms with van der Waals surface area (Å²) in [5.41, 5.74) is -0.357. The van der Waals surface area contributed by atoms with E-state index in [0.717, 1.165) is 16.8 Å². The molecule has 0 saturated heterocycles. The van der Waals surface area contributed by atoms with Gasteiger partial charge < -0.3 is 9.52 Å². The highest BCUT2D eigenvalue weighted by atomic mass is 19.1. The number of allylic oxidation sites excluding steroid dienone is 1. The number of aromatic nitrogens is 3. The number of benzene rings is 1. The fourth-order valence-electron chi connectivity index (χ4n) is 2.07. The predicted molar refractivity (Wildman–Crippen MR) is 79.5 cm³/mol. The van der Waals surface area contributed by atoms with Crippen LogP contribution in [0.2, 0.25) is 0 Å². The summed E-state index contributed by atoms with van der Waals surface area (Å²) in [4.78, 5) is 16.4. The molecule has 8 heteroatoms. The van der Waals surface area contributed by atoms with Crippen LogP contribution in [0.3, 0.4) is 0 Å². The van der Waals surface area contributed by atoms with Crippen LogP contribution in [0.5, 0.6) is 0 Å². The molecule has 0 fully saturated rings. The first-order chi connectivity index (χ1) is 11.6. The lowest BCUT2D eigenvalue weighted by Crippen LogP contribution is -2.11. The number of rotatable bonds is 5. The third kappa shape index (κ3) is 3.13. The molecule has 24 heavy (non-hydrogen) atoms. The minimum atomic E-state index is -0.985. The van der Waals surface area contributed by atoms with Crippen LogP contribution in [0.25, 0.3) is 11.8 Å². The smallest absolute Gasteiger partial charge is 0.214 e. The molecule has 6 nitrogen and oxygen atoms in total. The average Bonchev–Trinajstić information content (AvgIpc) is 3.23. The quantitative estimate of drug-likeness (QED) is 0.574. The van der Waals surface area contributed by atoms with Gasteiger partial charge in [0, 0.05) is 12.1 Å². The van der Waals surface area contributed by atoms with Crippen molar-refractivity contribution in [1.29, 1.82) is 0 Å². The van der Waals surface area contributed by atoms with Crippen molar-refractivity contribution < 1.29 is 23.1 Å². The Kier molecular flexibility index (Phi) is 4.30. The lowest BCUT2D eigenvalue weighted by molar-refractivity contribution is 0.104. The van der Waals surface area contributed by atoms with Crippen molar-refractivity contribution in [2.75, 3.05) is 0 Å². The zero-order chi connectivity index (χ0) is 17.1. The Labute approximate surface area is 134 Å². The number of aliphatic hydroxyl groups excluding tert-OH is 1. The van der Waals surface area contributed by atoms with Crippen molar-refractivity contribution in [3.05, 3.63) is 71.7 Å². The Morgan fingerprint density at radius 2 is 2.12 bits per heavy atom. The molecule has 3 aromatic rings. The number of carbonyl (C=O) groups excluding carboxylic acids is 1. The Bertz CT molecular complexity index is 901. The maximum Gasteiger partial charge on any atom is 0.214 e. The van der Waals surface area contributed by atoms with Crippen molar-refractivity contribution in [2.45, 2.75) is 6.61 Å². The Morgan fingerprint density at radius 3 is 2.75 bits per heavy atom. The molecule has 1 N–H and O–H groups in total. The molecule has 2 heterocycles. The topological polar surface area (TPSA) is 81.1 Å². The second kappa shape index (κ2) is 6.55. The van der Waals surface area contributed by atoms with Crippen molar-refractivity contribution in [3.63, 3.8) is 0 Å². The molecule has 0 radical (unpaired) electrons. The van der Waals surface area contributed by atoms with Gasteiger partial charge in [-0.3, -0.25) is 4.79 Å². The predicted octanol–water partition coefficient (Wildman–Crippen LogP) is 2.52. The Balaban J connectivity index is 2.06. The van der Waals surface area contributed by atoms with E-state index in [9.17, 15) is 13.6 Å². The molecule has 0 amide bonds. The number of halogens is 2. The summed E-state index contributed by atoms with van der Waals surface area (Å²) < 4.78 is 33.4. The molecule has 0 unspecified atom stereocenters. The van der Waals surface area contributed by atoms with E-state index in [2.05, 4.69) is 10.1 Å². The molecule has 0 aliphatic carbocycles. The summed E-state index contributed by atoms with van der Waals surface area (Å²) in [6.45, 7) is -0.299. The molecule has 122 valence electrons. The number of aliphatic hydroxyl groups is 1. The normalized spacial score (nSPS) is 11.7. The number of ketones is 1. The zero-order valence-electron chi connectivity index (χ0n) is 12.2. The lowest BCUT2D eigenvalue weighted by atomic mass is 10.1. The maximum atomic E-state index is 13.9. The van der Waals surface area contributed by atoms with Crippen molar-refractivity contribution in [1.82, 2.24) is 14.8 Å². The van der Waals surface area contributed by atoms with Crippen molar-refractivity contribution in [2.24, 2.45) is 0 Å². The summed E-state index contributed by atoms with van der Waals surface area (Å²) in [5, 5.41) is 12.9. The second-order valence-electron chi connectivity index (χ2n) is 4.79. The van der Waals surface area contributed by atoms with E-state index in [1.165, 1.54) is 30.9 Å². The Morgan fingerprint density at radius 1 is 1.29 bits per heavy atom. The summed E-state index contributed by atoms with van der Waals surface area (Å²) in [6, 6.07) is 5.75. The van der Waals surface area contributed by atoms with Crippen LogP contribution in [-0.4, -0.2) is 25.7 Å². The minimum Gasteiger partial charge on any atom is -0.459 e. The van der Waals surface area contributed by atoms with E-state index < -0.39 is 17.4 Å². The molecule has 1 aromatic carbocycles. The van der Waals surface area contributed by atoms with Crippen LogP contribution in [0.4, 0.5) is 8.78 Å². The first kappa shape index (κ1) is 15.8. The van der Waals surface area contributed by atoms with Gasteiger partial charge in [-0.05, 0) is 24.3 Å². The summed E-state index contributed by atoms with van der Waals surface area (Å²) in [6.07, 6.45) is 3.81. The minimum absolute atomic E-state index is 0.0446. The number of carbonyl (C=O) groups is 1. The number of nitrogens with zero attached hydrogens (tertiary/aromatic N) is 3. The van der Waals surface area contributed by atoms with Crippen molar-refractivity contribution >= 4 is 17.6 Å². The fraction of sp³-hybridized carbons (Fsp3) is 0.0625. The van der Waals surface area contributed by atoms with Gasteiger partial charge in [-0.2, -0.15) is 5.10 Å². The van der Waals surface area contributed by atoms with Crippen LogP contribution in [-0.2, 0) is 6.61 Å².